The lowest BCUT2D eigenvalue weighted by atomic mass is 9.92. The summed E-state index contributed by atoms with van der Waals surface area (Å²) >= 11 is 0. The summed E-state index contributed by atoms with van der Waals surface area (Å²) in [4.78, 5) is 40.0. The molecule has 240 valence electrons. The normalized spacial score (nSPS) is 16.3. The Morgan fingerprint density at radius 2 is 1.73 bits per heavy atom. The number of carboxylic acid groups (broad SMARTS) is 1. The van der Waals surface area contributed by atoms with E-state index in [0.29, 0.717) is 66.3 Å². The predicted molar refractivity (Wildman–Crippen MR) is 160 cm³/mol. The fourth-order valence-corrected chi connectivity index (χ4v) is 5.87. The lowest BCUT2D eigenvalue weighted by Crippen LogP contribution is -2.42. The van der Waals surface area contributed by atoms with Crippen LogP contribution in [0.3, 0.4) is 0 Å². The fraction of sp³-hybridized carbons (Fsp3) is 0.469. The number of aromatic nitrogens is 3. The first kappa shape index (κ1) is 32.0. The molecule has 2 aliphatic rings. The molecule has 1 atom stereocenters. The molecule has 3 aromatic rings. The maximum atomic E-state index is 13.7. The smallest absolute Gasteiger partial charge is 0.406 e. The van der Waals surface area contributed by atoms with Gasteiger partial charge in [-0.2, -0.15) is 13.2 Å². The summed E-state index contributed by atoms with van der Waals surface area (Å²) in [5.41, 5.74) is 2.10. The van der Waals surface area contributed by atoms with Crippen LogP contribution in [0.1, 0.15) is 65.3 Å². The zero-order chi connectivity index (χ0) is 32.3. The third-order valence-electron chi connectivity index (χ3n) is 8.20. The number of ether oxygens (including phenoxy) is 1. The molecule has 2 aromatic heterocycles. The van der Waals surface area contributed by atoms with Gasteiger partial charge < -0.3 is 19.8 Å². The number of carboxylic acids is 1. The minimum atomic E-state index is -4.70. The van der Waals surface area contributed by atoms with Crippen LogP contribution >= 0.6 is 0 Å². The number of carbonyl (C=O) groups is 2. The molecule has 2 N–H and O–H groups in total. The molecule has 0 spiro atoms. The first-order chi connectivity index (χ1) is 21.4. The SMILES string of the molecule is Cc1cc(C)nc(N(CC(F)(F)F)C(=O)c2ccc(O)cc2N2CCC(COc3cc(C(CC(=O)O)C4CC4)ccn3)CC2)n1. The lowest BCUT2D eigenvalue weighted by molar-refractivity contribution is -0.137. The predicted octanol–water partition coefficient (Wildman–Crippen LogP) is 5.67. The van der Waals surface area contributed by atoms with E-state index in [0.717, 1.165) is 18.4 Å². The summed E-state index contributed by atoms with van der Waals surface area (Å²) in [5, 5.41) is 19.6. The first-order valence-corrected chi connectivity index (χ1v) is 15.0. The largest absolute Gasteiger partial charge is 0.508 e. The Balaban J connectivity index is 1.27. The van der Waals surface area contributed by atoms with Crippen molar-refractivity contribution in [1.29, 1.82) is 0 Å². The molecule has 1 aliphatic heterocycles. The highest BCUT2D eigenvalue weighted by molar-refractivity contribution is 6.09. The number of piperidine rings is 1. The van der Waals surface area contributed by atoms with E-state index in [9.17, 15) is 33.0 Å². The highest BCUT2D eigenvalue weighted by Crippen LogP contribution is 2.45. The van der Waals surface area contributed by atoms with E-state index in [1.54, 1.807) is 26.1 Å². The van der Waals surface area contributed by atoms with Crippen LogP contribution in [0.25, 0.3) is 0 Å². The molecule has 1 unspecified atom stereocenters. The van der Waals surface area contributed by atoms with Crippen LogP contribution < -0.4 is 14.5 Å². The second-order valence-electron chi connectivity index (χ2n) is 11.9. The van der Waals surface area contributed by atoms with Gasteiger partial charge in [-0.05, 0) is 87.1 Å². The molecule has 1 aromatic carbocycles. The Bertz CT molecular complexity index is 1520. The molecule has 1 saturated heterocycles. The second kappa shape index (κ2) is 13.3. The van der Waals surface area contributed by atoms with E-state index in [1.165, 1.54) is 18.2 Å². The van der Waals surface area contributed by atoms with Gasteiger partial charge in [-0.25, -0.2) is 15.0 Å². The summed E-state index contributed by atoms with van der Waals surface area (Å²) in [6.45, 7) is 3.00. The summed E-state index contributed by atoms with van der Waals surface area (Å²) in [5.74, 6) is -1.33. The monoisotopic (exact) mass is 627 g/mol. The Morgan fingerprint density at radius 3 is 2.36 bits per heavy atom. The van der Waals surface area contributed by atoms with Crippen molar-refractivity contribution >= 4 is 23.5 Å². The zero-order valence-corrected chi connectivity index (χ0v) is 25.1. The van der Waals surface area contributed by atoms with Gasteiger partial charge in [-0.3, -0.25) is 14.5 Å². The van der Waals surface area contributed by atoms with Crippen LogP contribution in [0.15, 0.2) is 42.6 Å². The van der Waals surface area contributed by atoms with Gasteiger partial charge in [0.25, 0.3) is 5.91 Å². The van der Waals surface area contributed by atoms with Gasteiger partial charge >= 0.3 is 12.1 Å². The third-order valence-corrected chi connectivity index (χ3v) is 8.20. The van der Waals surface area contributed by atoms with Gasteiger partial charge in [-0.15, -0.1) is 0 Å². The van der Waals surface area contributed by atoms with E-state index in [1.807, 2.05) is 17.0 Å². The fourth-order valence-electron chi connectivity index (χ4n) is 5.87. The Kier molecular flexibility index (Phi) is 9.45. The molecule has 10 nitrogen and oxygen atoms in total. The lowest BCUT2D eigenvalue weighted by Gasteiger charge is -2.35. The molecule has 1 saturated carbocycles. The summed E-state index contributed by atoms with van der Waals surface area (Å²) in [7, 11) is 0. The maximum absolute atomic E-state index is 13.7. The summed E-state index contributed by atoms with van der Waals surface area (Å²) in [6, 6.07) is 9.26. The Hall–Kier alpha value is -4.42. The van der Waals surface area contributed by atoms with Crippen molar-refractivity contribution < 1.29 is 37.7 Å². The van der Waals surface area contributed by atoms with Gasteiger partial charge in [0.15, 0.2) is 0 Å². The van der Waals surface area contributed by atoms with E-state index in [4.69, 9.17) is 4.74 Å². The number of rotatable bonds is 11. The van der Waals surface area contributed by atoms with Crippen molar-refractivity contribution in [2.75, 3.05) is 36.0 Å². The number of hydrogen-bond donors (Lipinski definition) is 2. The third kappa shape index (κ3) is 8.40. The number of hydrogen-bond acceptors (Lipinski definition) is 8. The number of phenols is 1. The van der Waals surface area contributed by atoms with Gasteiger partial charge in [0.05, 0.1) is 24.3 Å². The number of phenolic OH excluding ortho intramolecular Hbond substituents is 1. The molecule has 2 fully saturated rings. The van der Waals surface area contributed by atoms with E-state index < -0.39 is 24.6 Å². The number of halogens is 3. The molecule has 3 heterocycles. The number of carbonyl (C=O) groups excluding carboxylic acids is 1. The minimum absolute atomic E-state index is 0.00195. The number of aliphatic carboxylic acids is 1. The van der Waals surface area contributed by atoms with Crippen molar-refractivity contribution in [3.8, 4) is 11.6 Å². The van der Waals surface area contributed by atoms with E-state index in [2.05, 4.69) is 15.0 Å². The number of aromatic hydroxyl groups is 1. The van der Waals surface area contributed by atoms with Crippen LogP contribution in [0.2, 0.25) is 0 Å². The standard InChI is InChI=1S/C32H36F3N5O5/c1-19-13-20(2)38-31(37-19)40(18-32(33,34)35)30(44)25-6-5-24(41)15-27(25)39-11-8-21(9-12-39)17-45-28-14-23(7-10-36-28)26(16-29(42)43)22-3-4-22/h5-7,10,13-15,21-22,26,41H,3-4,8-9,11-12,16-18H2,1-2H3,(H,42,43). The molecule has 13 heteroatoms. The highest BCUT2D eigenvalue weighted by Gasteiger charge is 2.37. The van der Waals surface area contributed by atoms with Crippen molar-refractivity contribution in [1.82, 2.24) is 15.0 Å². The van der Waals surface area contributed by atoms with Crippen molar-refractivity contribution in [3.63, 3.8) is 0 Å². The van der Waals surface area contributed by atoms with Crippen LogP contribution in [-0.4, -0.2) is 69.5 Å². The van der Waals surface area contributed by atoms with Crippen molar-refractivity contribution in [2.45, 2.75) is 58.0 Å². The molecule has 0 radical (unpaired) electrons. The van der Waals surface area contributed by atoms with E-state index >= 15 is 0 Å². The number of anilines is 2. The van der Waals surface area contributed by atoms with Gasteiger partial charge in [-0.1, -0.05) is 0 Å². The second-order valence-corrected chi connectivity index (χ2v) is 11.9. The average Bonchev–Trinajstić information content (AvgIpc) is 3.82. The maximum Gasteiger partial charge on any atom is 0.406 e. The number of alkyl halides is 3. The number of benzene rings is 1. The van der Waals surface area contributed by atoms with Gasteiger partial charge in [0.1, 0.15) is 12.3 Å². The van der Waals surface area contributed by atoms with Crippen LogP contribution in [-0.2, 0) is 4.79 Å². The molecule has 1 aliphatic carbocycles. The average molecular weight is 628 g/mol. The van der Waals surface area contributed by atoms with Gasteiger partial charge in [0.2, 0.25) is 11.8 Å². The number of pyridine rings is 1. The molecule has 45 heavy (non-hydrogen) atoms. The molecule has 1 amide bonds. The number of aryl methyl sites for hydroxylation is 2. The van der Waals surface area contributed by atoms with Crippen molar-refractivity contribution in [2.24, 2.45) is 11.8 Å². The summed E-state index contributed by atoms with van der Waals surface area (Å²) in [6.07, 6.45) is 0.365. The van der Waals surface area contributed by atoms with Crippen LogP contribution in [0.4, 0.5) is 24.8 Å². The Labute approximate surface area is 258 Å². The zero-order valence-electron chi connectivity index (χ0n) is 25.1. The minimum Gasteiger partial charge on any atom is -0.508 e. The summed E-state index contributed by atoms with van der Waals surface area (Å²) < 4.78 is 46.9. The number of nitrogens with zero attached hydrogens (tertiary/aromatic N) is 5. The highest BCUT2D eigenvalue weighted by atomic mass is 19.4. The van der Waals surface area contributed by atoms with Crippen LogP contribution in [0, 0.1) is 25.7 Å². The Morgan fingerprint density at radius 1 is 1.04 bits per heavy atom. The first-order valence-electron chi connectivity index (χ1n) is 15.0. The number of amides is 1. The molecular formula is C32H36F3N5O5. The topological polar surface area (TPSA) is 129 Å². The molecule has 5 rings (SSSR count). The van der Waals surface area contributed by atoms with E-state index in [-0.39, 0.29) is 35.5 Å². The van der Waals surface area contributed by atoms with Crippen LogP contribution in [0.5, 0.6) is 11.6 Å². The van der Waals surface area contributed by atoms with Crippen molar-refractivity contribution in [3.05, 3.63) is 65.1 Å². The molecule has 0 bridgehead atoms. The molecular weight excluding hydrogens is 591 g/mol. The van der Waals surface area contributed by atoms with Gasteiger partial charge in [0, 0.05) is 42.8 Å². The quantitative estimate of drug-likeness (QED) is 0.276.